The molecular formula is C18H25F3N2O3. The molecular weight excluding hydrogens is 349 g/mol. The molecule has 1 amide bonds. The lowest BCUT2D eigenvalue weighted by molar-refractivity contribution is -0.205. The maximum absolute atomic E-state index is 13.1. The van der Waals surface area contributed by atoms with Crippen molar-refractivity contribution in [3.63, 3.8) is 0 Å². The number of hydrogen-bond acceptors (Lipinski definition) is 4. The SMILES string of the molecule is N#CC1(NC(=O)COC(=O)[C@H]2CCCC[C@@H]2C(F)(F)F)CCCCCC1. The van der Waals surface area contributed by atoms with Gasteiger partial charge in [0.2, 0.25) is 0 Å². The first-order chi connectivity index (χ1) is 12.3. The van der Waals surface area contributed by atoms with E-state index in [1.165, 1.54) is 0 Å². The summed E-state index contributed by atoms with van der Waals surface area (Å²) < 4.78 is 44.1. The van der Waals surface area contributed by atoms with Gasteiger partial charge in [-0.1, -0.05) is 38.5 Å². The lowest BCUT2D eigenvalue weighted by atomic mass is 9.79. The number of ether oxygens (including phenoxy) is 1. The van der Waals surface area contributed by atoms with Crippen molar-refractivity contribution in [3.8, 4) is 6.07 Å². The number of alkyl halides is 3. The average molecular weight is 374 g/mol. The first kappa shape index (κ1) is 20.5. The second-order valence-corrected chi connectivity index (χ2v) is 7.30. The Morgan fingerprint density at radius 2 is 1.69 bits per heavy atom. The van der Waals surface area contributed by atoms with E-state index < -0.39 is 42.0 Å². The summed E-state index contributed by atoms with van der Waals surface area (Å²) in [5, 5.41) is 12.0. The number of nitriles is 1. The van der Waals surface area contributed by atoms with Crippen LogP contribution in [-0.4, -0.2) is 30.2 Å². The van der Waals surface area contributed by atoms with Crippen molar-refractivity contribution in [2.45, 2.75) is 75.9 Å². The third-order valence-electron chi connectivity index (χ3n) is 5.38. The zero-order valence-corrected chi connectivity index (χ0v) is 14.7. The molecule has 0 heterocycles. The molecule has 2 aliphatic rings. The molecule has 2 saturated carbocycles. The van der Waals surface area contributed by atoms with E-state index in [-0.39, 0.29) is 12.8 Å². The Morgan fingerprint density at radius 1 is 1.08 bits per heavy atom. The monoisotopic (exact) mass is 374 g/mol. The Morgan fingerprint density at radius 3 is 2.27 bits per heavy atom. The number of amides is 1. The third-order valence-corrected chi connectivity index (χ3v) is 5.38. The summed E-state index contributed by atoms with van der Waals surface area (Å²) in [6, 6.07) is 2.15. The van der Waals surface area contributed by atoms with Crippen LogP contribution in [0.15, 0.2) is 0 Å². The maximum Gasteiger partial charge on any atom is 0.392 e. The van der Waals surface area contributed by atoms with E-state index in [0.717, 1.165) is 25.7 Å². The van der Waals surface area contributed by atoms with Crippen LogP contribution in [0.3, 0.4) is 0 Å². The molecule has 26 heavy (non-hydrogen) atoms. The van der Waals surface area contributed by atoms with Gasteiger partial charge >= 0.3 is 12.1 Å². The molecule has 0 aliphatic heterocycles. The van der Waals surface area contributed by atoms with Crippen molar-refractivity contribution in [1.29, 1.82) is 5.26 Å². The third kappa shape index (κ3) is 5.36. The first-order valence-electron chi connectivity index (χ1n) is 9.23. The van der Waals surface area contributed by atoms with Gasteiger partial charge in [0, 0.05) is 0 Å². The lowest BCUT2D eigenvalue weighted by Crippen LogP contribution is -2.49. The summed E-state index contributed by atoms with van der Waals surface area (Å²) in [6.45, 7) is -0.649. The molecule has 2 atom stereocenters. The molecule has 146 valence electrons. The Labute approximate surface area is 151 Å². The highest BCUT2D eigenvalue weighted by atomic mass is 19.4. The molecule has 0 spiro atoms. The zero-order valence-electron chi connectivity index (χ0n) is 14.7. The molecule has 2 fully saturated rings. The summed E-state index contributed by atoms with van der Waals surface area (Å²) in [5.41, 5.74) is -0.973. The second kappa shape index (κ2) is 8.74. The minimum absolute atomic E-state index is 0.0903. The molecule has 1 N–H and O–H groups in total. The van der Waals surface area contributed by atoms with Crippen molar-refractivity contribution in [2.75, 3.05) is 6.61 Å². The highest BCUT2D eigenvalue weighted by Crippen LogP contribution is 2.41. The van der Waals surface area contributed by atoms with Crippen LogP contribution >= 0.6 is 0 Å². The van der Waals surface area contributed by atoms with Crippen molar-refractivity contribution < 1.29 is 27.5 Å². The fraction of sp³-hybridized carbons (Fsp3) is 0.833. The van der Waals surface area contributed by atoms with Gasteiger partial charge in [-0.2, -0.15) is 18.4 Å². The number of nitrogens with one attached hydrogen (secondary N) is 1. The number of carbonyl (C=O) groups is 2. The van der Waals surface area contributed by atoms with Crippen LogP contribution in [0.4, 0.5) is 13.2 Å². The van der Waals surface area contributed by atoms with E-state index in [2.05, 4.69) is 11.4 Å². The van der Waals surface area contributed by atoms with Gasteiger partial charge in [0.15, 0.2) is 6.61 Å². The summed E-state index contributed by atoms with van der Waals surface area (Å²) in [5.74, 6) is -4.58. The molecule has 2 rings (SSSR count). The van der Waals surface area contributed by atoms with Gasteiger partial charge < -0.3 is 10.1 Å². The smallest absolute Gasteiger partial charge is 0.392 e. The highest BCUT2D eigenvalue weighted by Gasteiger charge is 2.48. The Bertz CT molecular complexity index is 549. The van der Waals surface area contributed by atoms with Gasteiger partial charge in [0.1, 0.15) is 5.54 Å². The number of halogens is 3. The number of rotatable bonds is 4. The second-order valence-electron chi connectivity index (χ2n) is 7.30. The Balaban J connectivity index is 1.89. The van der Waals surface area contributed by atoms with E-state index in [0.29, 0.717) is 25.7 Å². The van der Waals surface area contributed by atoms with E-state index in [9.17, 15) is 28.0 Å². The van der Waals surface area contributed by atoms with Gasteiger partial charge in [-0.05, 0) is 25.7 Å². The number of hydrogen-bond donors (Lipinski definition) is 1. The summed E-state index contributed by atoms with van der Waals surface area (Å²) in [6.07, 6.45) is 1.24. The fourth-order valence-corrected chi connectivity index (χ4v) is 3.95. The molecule has 0 saturated heterocycles. The zero-order chi connectivity index (χ0) is 19.2. The largest absolute Gasteiger partial charge is 0.455 e. The predicted molar refractivity (Wildman–Crippen MR) is 86.7 cm³/mol. The minimum Gasteiger partial charge on any atom is -0.455 e. The fourth-order valence-electron chi connectivity index (χ4n) is 3.95. The van der Waals surface area contributed by atoms with E-state index in [4.69, 9.17) is 4.74 Å². The lowest BCUT2D eigenvalue weighted by Gasteiger charge is -2.31. The van der Waals surface area contributed by atoms with Crippen LogP contribution < -0.4 is 5.32 Å². The number of carbonyl (C=O) groups excluding carboxylic acids is 2. The van der Waals surface area contributed by atoms with Crippen LogP contribution in [0.5, 0.6) is 0 Å². The molecule has 0 aromatic heterocycles. The molecule has 0 aromatic rings. The molecule has 0 unspecified atom stereocenters. The summed E-state index contributed by atoms with van der Waals surface area (Å²) in [4.78, 5) is 24.2. The van der Waals surface area contributed by atoms with Crippen molar-refractivity contribution >= 4 is 11.9 Å². The Hall–Kier alpha value is -1.78. The molecule has 8 heteroatoms. The standard InChI is InChI=1S/C18H25F3N2O3/c19-18(20,21)14-8-4-3-7-13(14)16(25)26-11-15(24)23-17(12-22)9-5-1-2-6-10-17/h13-14H,1-11H2,(H,23,24)/t13-,14-/m0/s1. The topological polar surface area (TPSA) is 79.2 Å². The summed E-state index contributed by atoms with van der Waals surface area (Å²) >= 11 is 0. The Kier molecular flexibility index (Phi) is 6.90. The van der Waals surface area contributed by atoms with Crippen LogP contribution in [0, 0.1) is 23.2 Å². The van der Waals surface area contributed by atoms with Gasteiger partial charge in [0.25, 0.3) is 5.91 Å². The van der Waals surface area contributed by atoms with E-state index in [1.807, 2.05) is 0 Å². The molecule has 0 aromatic carbocycles. The van der Waals surface area contributed by atoms with Gasteiger partial charge in [-0.15, -0.1) is 0 Å². The predicted octanol–water partition coefficient (Wildman–Crippen LogP) is 3.63. The van der Waals surface area contributed by atoms with Crippen LogP contribution in [-0.2, 0) is 14.3 Å². The van der Waals surface area contributed by atoms with E-state index in [1.54, 1.807) is 0 Å². The van der Waals surface area contributed by atoms with Crippen LogP contribution in [0.25, 0.3) is 0 Å². The molecule has 0 bridgehead atoms. The van der Waals surface area contributed by atoms with Crippen LogP contribution in [0.2, 0.25) is 0 Å². The van der Waals surface area contributed by atoms with E-state index >= 15 is 0 Å². The highest BCUT2D eigenvalue weighted by molar-refractivity contribution is 5.82. The molecule has 2 aliphatic carbocycles. The molecule has 5 nitrogen and oxygen atoms in total. The first-order valence-corrected chi connectivity index (χ1v) is 9.23. The van der Waals surface area contributed by atoms with Gasteiger partial charge in [-0.3, -0.25) is 9.59 Å². The maximum atomic E-state index is 13.1. The van der Waals surface area contributed by atoms with Gasteiger partial charge in [-0.25, -0.2) is 0 Å². The number of nitrogens with zero attached hydrogens (tertiary/aromatic N) is 1. The quantitative estimate of drug-likeness (QED) is 0.602. The number of esters is 1. The molecule has 0 radical (unpaired) electrons. The summed E-state index contributed by atoms with van der Waals surface area (Å²) in [7, 11) is 0. The average Bonchev–Trinajstić information content (AvgIpc) is 2.85. The van der Waals surface area contributed by atoms with Gasteiger partial charge in [0.05, 0.1) is 17.9 Å². The van der Waals surface area contributed by atoms with Crippen molar-refractivity contribution in [1.82, 2.24) is 5.32 Å². The van der Waals surface area contributed by atoms with Crippen molar-refractivity contribution in [2.24, 2.45) is 11.8 Å². The van der Waals surface area contributed by atoms with Crippen LogP contribution in [0.1, 0.15) is 64.2 Å². The minimum atomic E-state index is -4.45. The normalized spacial score (nSPS) is 26.2. The van der Waals surface area contributed by atoms with Crippen molar-refractivity contribution in [3.05, 3.63) is 0 Å².